The lowest BCUT2D eigenvalue weighted by Crippen LogP contribution is -2.40. The molecule has 1 heterocycles. The van der Waals surface area contributed by atoms with Gasteiger partial charge in [-0.3, -0.25) is 4.84 Å². The highest BCUT2D eigenvalue weighted by Crippen LogP contribution is 2.34. The van der Waals surface area contributed by atoms with E-state index in [1.54, 1.807) is 19.2 Å². The molecule has 0 saturated carbocycles. The average molecular weight is 420 g/mol. The maximum absolute atomic E-state index is 13.0. The van der Waals surface area contributed by atoms with E-state index in [0.29, 0.717) is 13.0 Å². The van der Waals surface area contributed by atoms with Crippen LogP contribution in [0.25, 0.3) is 0 Å². The zero-order chi connectivity index (χ0) is 21.0. The lowest BCUT2D eigenvalue weighted by Gasteiger charge is -2.24. The molecule has 158 valence electrons. The highest BCUT2D eigenvalue weighted by atomic mass is 32.2. The lowest BCUT2D eigenvalue weighted by molar-refractivity contribution is -0.110. The number of rotatable bonds is 8. The minimum absolute atomic E-state index is 0.126. The maximum Gasteiger partial charge on any atom is 0.218 e. The Morgan fingerprint density at radius 2 is 1.86 bits per heavy atom. The minimum Gasteiger partial charge on any atom is -0.496 e. The van der Waals surface area contributed by atoms with Crippen molar-refractivity contribution in [2.45, 2.75) is 17.7 Å². The van der Waals surface area contributed by atoms with Gasteiger partial charge in [0.1, 0.15) is 11.0 Å². The van der Waals surface area contributed by atoms with Gasteiger partial charge in [0.25, 0.3) is 0 Å². The normalized spacial score (nSPS) is 20.0. The van der Waals surface area contributed by atoms with Crippen LogP contribution >= 0.6 is 0 Å². The Morgan fingerprint density at radius 1 is 1.17 bits per heavy atom. The maximum atomic E-state index is 13.0. The minimum atomic E-state index is -3.57. The summed E-state index contributed by atoms with van der Waals surface area (Å²) in [5, 5.41) is 0.949. The van der Waals surface area contributed by atoms with E-state index in [1.807, 2.05) is 67.5 Å². The third kappa shape index (κ3) is 4.90. The van der Waals surface area contributed by atoms with Crippen molar-refractivity contribution in [1.82, 2.24) is 9.79 Å². The van der Waals surface area contributed by atoms with E-state index in [1.165, 1.54) is 0 Å². The van der Waals surface area contributed by atoms with E-state index in [4.69, 9.17) is 9.57 Å². The molecule has 3 rings (SSSR count). The van der Waals surface area contributed by atoms with Crippen molar-refractivity contribution in [1.29, 1.82) is 0 Å². The highest BCUT2D eigenvalue weighted by Gasteiger charge is 2.43. The van der Waals surface area contributed by atoms with Crippen LogP contribution in [-0.2, 0) is 21.3 Å². The Hall–Kier alpha value is -2.13. The van der Waals surface area contributed by atoms with Gasteiger partial charge in [0.05, 0.1) is 19.8 Å². The molecular weight excluding hydrogens is 390 g/mol. The van der Waals surface area contributed by atoms with Gasteiger partial charge in [-0.1, -0.05) is 30.3 Å². The van der Waals surface area contributed by atoms with Gasteiger partial charge in [-0.05, 0) is 35.7 Å². The molecule has 2 aromatic carbocycles. The average Bonchev–Trinajstić information content (AvgIpc) is 3.10. The van der Waals surface area contributed by atoms with E-state index in [9.17, 15) is 8.42 Å². The van der Waals surface area contributed by atoms with Crippen LogP contribution in [0.3, 0.4) is 0 Å². The summed E-state index contributed by atoms with van der Waals surface area (Å²) in [6.45, 7) is 0.426. The van der Waals surface area contributed by atoms with Crippen LogP contribution in [-0.4, -0.2) is 60.1 Å². The molecule has 8 heteroatoms. The van der Waals surface area contributed by atoms with Gasteiger partial charge >= 0.3 is 0 Å². The van der Waals surface area contributed by atoms with E-state index >= 15 is 0 Å². The molecular formula is C21H29N3O4S. The molecule has 0 unspecified atom stereocenters. The van der Waals surface area contributed by atoms with Gasteiger partial charge in [-0.15, -0.1) is 0 Å². The van der Waals surface area contributed by atoms with E-state index in [2.05, 4.69) is 4.72 Å². The summed E-state index contributed by atoms with van der Waals surface area (Å²) >= 11 is 0. The number of anilines is 1. The number of hydrogen-bond donors (Lipinski definition) is 1. The molecule has 2 atom stereocenters. The van der Waals surface area contributed by atoms with Crippen molar-refractivity contribution in [2.75, 3.05) is 46.3 Å². The zero-order valence-electron chi connectivity index (χ0n) is 17.3. The zero-order valence-corrected chi connectivity index (χ0v) is 18.1. The summed E-state index contributed by atoms with van der Waals surface area (Å²) in [5.74, 6) is 0.759. The van der Waals surface area contributed by atoms with Gasteiger partial charge in [0.2, 0.25) is 10.0 Å². The third-order valence-corrected chi connectivity index (χ3v) is 7.02. The standard InChI is InChI=1S/C21H29N3O4S/c1-23(2)18-11-9-17(10-12-18)21-20(15-28-24(21)3)29(25,26)22-14-13-16-7-5-6-8-19(16)27-4/h5-12,20-22H,13-15H2,1-4H3/t20-,21+/m1/s1. The Kier molecular flexibility index (Phi) is 6.79. The quantitative estimate of drug-likeness (QED) is 0.707. The molecule has 1 fully saturated rings. The third-order valence-electron chi connectivity index (χ3n) is 5.23. The number of hydroxylamine groups is 2. The molecule has 29 heavy (non-hydrogen) atoms. The molecule has 0 aromatic heterocycles. The summed E-state index contributed by atoms with van der Waals surface area (Å²) in [6.07, 6.45) is 0.550. The molecule has 0 amide bonds. The Bertz CT molecular complexity index is 916. The monoisotopic (exact) mass is 419 g/mol. The Labute approximate surface area is 173 Å². The molecule has 0 spiro atoms. The van der Waals surface area contributed by atoms with Crippen molar-refractivity contribution in [3.05, 3.63) is 59.7 Å². The predicted molar refractivity (Wildman–Crippen MR) is 115 cm³/mol. The fourth-order valence-corrected chi connectivity index (χ4v) is 5.10. The fraction of sp³-hybridized carbons (Fsp3) is 0.429. The number of hydrogen-bond acceptors (Lipinski definition) is 6. The van der Waals surface area contributed by atoms with Gasteiger partial charge in [0.15, 0.2) is 0 Å². The second kappa shape index (κ2) is 9.13. The number of nitrogens with zero attached hydrogens (tertiary/aromatic N) is 2. The van der Waals surface area contributed by atoms with Gasteiger partial charge in [-0.25, -0.2) is 13.1 Å². The van der Waals surface area contributed by atoms with Crippen LogP contribution in [0.1, 0.15) is 17.2 Å². The SMILES string of the molecule is COc1ccccc1CCNS(=O)(=O)[C@@H]1CON(C)[C@H]1c1ccc(N(C)C)cc1. The second-order valence-corrected chi connectivity index (χ2v) is 9.30. The van der Waals surface area contributed by atoms with Crippen molar-refractivity contribution >= 4 is 15.7 Å². The van der Waals surface area contributed by atoms with Crippen LogP contribution in [0, 0.1) is 0 Å². The van der Waals surface area contributed by atoms with E-state index in [-0.39, 0.29) is 12.6 Å². The number of sulfonamides is 1. The molecule has 0 radical (unpaired) electrons. The smallest absolute Gasteiger partial charge is 0.218 e. The van der Waals surface area contributed by atoms with Gasteiger partial charge in [0, 0.05) is 33.4 Å². The first-order valence-electron chi connectivity index (χ1n) is 9.57. The Morgan fingerprint density at radius 3 is 2.52 bits per heavy atom. The molecule has 1 N–H and O–H groups in total. The predicted octanol–water partition coefficient (Wildman–Crippen LogP) is 2.21. The summed E-state index contributed by atoms with van der Waals surface area (Å²) in [5.41, 5.74) is 2.94. The molecule has 7 nitrogen and oxygen atoms in total. The van der Waals surface area contributed by atoms with Gasteiger partial charge < -0.3 is 9.64 Å². The van der Waals surface area contributed by atoms with Crippen molar-refractivity contribution in [3.63, 3.8) is 0 Å². The lowest BCUT2D eigenvalue weighted by atomic mass is 10.0. The molecule has 1 saturated heterocycles. The van der Waals surface area contributed by atoms with Crippen molar-refractivity contribution < 1.29 is 18.0 Å². The summed E-state index contributed by atoms with van der Waals surface area (Å²) in [6, 6.07) is 15.1. The molecule has 2 aromatic rings. The number of ether oxygens (including phenoxy) is 1. The van der Waals surface area contributed by atoms with Crippen LogP contribution in [0.4, 0.5) is 5.69 Å². The van der Waals surface area contributed by atoms with Crippen LogP contribution < -0.4 is 14.4 Å². The number of para-hydroxylation sites is 1. The van der Waals surface area contributed by atoms with Crippen molar-refractivity contribution in [2.24, 2.45) is 0 Å². The number of benzene rings is 2. The van der Waals surface area contributed by atoms with E-state index < -0.39 is 15.3 Å². The largest absolute Gasteiger partial charge is 0.496 e. The first kappa shape index (κ1) is 21.6. The fourth-order valence-electron chi connectivity index (χ4n) is 3.59. The first-order chi connectivity index (χ1) is 13.8. The molecule has 1 aliphatic heterocycles. The van der Waals surface area contributed by atoms with Crippen LogP contribution in [0.2, 0.25) is 0 Å². The second-order valence-electron chi connectivity index (χ2n) is 7.31. The van der Waals surface area contributed by atoms with Gasteiger partial charge in [-0.2, -0.15) is 5.06 Å². The molecule has 0 aliphatic carbocycles. The van der Waals surface area contributed by atoms with Crippen LogP contribution in [0.15, 0.2) is 48.5 Å². The first-order valence-corrected chi connectivity index (χ1v) is 11.1. The van der Waals surface area contributed by atoms with Crippen LogP contribution in [0.5, 0.6) is 5.75 Å². The van der Waals surface area contributed by atoms with E-state index in [0.717, 1.165) is 22.6 Å². The van der Waals surface area contributed by atoms with Crippen molar-refractivity contribution in [3.8, 4) is 5.75 Å². The summed E-state index contributed by atoms with van der Waals surface area (Å²) in [7, 11) is 3.75. The topological polar surface area (TPSA) is 71.1 Å². The summed E-state index contributed by atoms with van der Waals surface area (Å²) in [4.78, 5) is 7.59. The Balaban J connectivity index is 1.71. The molecule has 1 aliphatic rings. The highest BCUT2D eigenvalue weighted by molar-refractivity contribution is 7.90. The number of methoxy groups -OCH3 is 1. The molecule has 0 bridgehead atoms. The summed E-state index contributed by atoms with van der Waals surface area (Å²) < 4.78 is 34.1. The number of nitrogens with one attached hydrogen (secondary N) is 1.